The van der Waals surface area contributed by atoms with Crippen molar-refractivity contribution >= 4 is 17.5 Å². The van der Waals surface area contributed by atoms with Gasteiger partial charge in [0, 0.05) is 18.5 Å². The molecular formula is C29H37N3O6. The van der Waals surface area contributed by atoms with Gasteiger partial charge in [-0.05, 0) is 66.5 Å². The van der Waals surface area contributed by atoms with E-state index in [1.807, 2.05) is 26.0 Å². The van der Waals surface area contributed by atoms with Crippen LogP contribution in [-0.2, 0) is 16.0 Å². The van der Waals surface area contributed by atoms with E-state index in [-0.39, 0.29) is 29.2 Å². The first-order chi connectivity index (χ1) is 18.2. The smallest absolute Gasteiger partial charge is 0.242 e. The highest BCUT2D eigenvalue weighted by Crippen LogP contribution is 2.50. The highest BCUT2D eigenvalue weighted by atomic mass is 16.5. The quantitative estimate of drug-likeness (QED) is 0.460. The summed E-state index contributed by atoms with van der Waals surface area (Å²) in [5.74, 6) is 1.13. The van der Waals surface area contributed by atoms with Gasteiger partial charge >= 0.3 is 0 Å². The predicted octanol–water partition coefficient (Wildman–Crippen LogP) is 3.58. The Morgan fingerprint density at radius 2 is 1.66 bits per heavy atom. The first-order valence-electron chi connectivity index (χ1n) is 13.0. The van der Waals surface area contributed by atoms with Gasteiger partial charge in [0.2, 0.25) is 23.0 Å². The number of aryl methyl sites for hydroxylation is 1. The second kappa shape index (κ2) is 11.3. The van der Waals surface area contributed by atoms with Gasteiger partial charge in [-0.1, -0.05) is 19.9 Å². The van der Waals surface area contributed by atoms with E-state index in [0.717, 1.165) is 29.5 Å². The van der Waals surface area contributed by atoms with Crippen LogP contribution in [0.1, 0.15) is 57.2 Å². The molecule has 0 saturated heterocycles. The van der Waals surface area contributed by atoms with E-state index in [2.05, 4.69) is 16.0 Å². The molecule has 1 saturated carbocycles. The number of rotatable bonds is 9. The summed E-state index contributed by atoms with van der Waals surface area (Å²) in [6, 6.07) is 6.28. The molecule has 0 bridgehead atoms. The molecule has 2 atom stereocenters. The molecule has 0 spiro atoms. The molecule has 2 aliphatic rings. The first kappa shape index (κ1) is 27.3. The van der Waals surface area contributed by atoms with Crippen molar-refractivity contribution in [3.05, 3.63) is 45.6 Å². The molecule has 0 radical (unpaired) electrons. The first-order valence-corrected chi connectivity index (χ1v) is 13.0. The lowest BCUT2D eigenvalue weighted by atomic mass is 9.95. The summed E-state index contributed by atoms with van der Waals surface area (Å²) < 4.78 is 17.0. The Bertz CT molecular complexity index is 1290. The van der Waals surface area contributed by atoms with E-state index < -0.39 is 12.1 Å². The fourth-order valence-electron chi connectivity index (χ4n) is 5.05. The number of nitrogens with one attached hydrogen (secondary N) is 3. The van der Waals surface area contributed by atoms with Gasteiger partial charge in [-0.3, -0.25) is 14.4 Å². The third-order valence-corrected chi connectivity index (χ3v) is 7.10. The van der Waals surface area contributed by atoms with Crippen molar-refractivity contribution in [2.24, 2.45) is 5.92 Å². The summed E-state index contributed by atoms with van der Waals surface area (Å²) >= 11 is 0. The molecule has 4 rings (SSSR count). The third-order valence-electron chi connectivity index (χ3n) is 7.10. The maximum atomic E-state index is 13.6. The van der Waals surface area contributed by atoms with Gasteiger partial charge in [0.05, 0.1) is 33.1 Å². The zero-order valence-corrected chi connectivity index (χ0v) is 22.9. The molecule has 0 heterocycles. The maximum absolute atomic E-state index is 13.6. The fourth-order valence-corrected chi connectivity index (χ4v) is 5.05. The summed E-state index contributed by atoms with van der Waals surface area (Å²) in [5.41, 5.74) is 3.18. The van der Waals surface area contributed by atoms with E-state index in [4.69, 9.17) is 14.2 Å². The molecule has 2 aromatic carbocycles. The van der Waals surface area contributed by atoms with Crippen LogP contribution >= 0.6 is 0 Å². The molecule has 0 unspecified atom stereocenters. The van der Waals surface area contributed by atoms with Crippen molar-refractivity contribution in [3.63, 3.8) is 0 Å². The van der Waals surface area contributed by atoms with Crippen LogP contribution in [0.3, 0.4) is 0 Å². The van der Waals surface area contributed by atoms with Crippen molar-refractivity contribution in [3.8, 4) is 28.4 Å². The van der Waals surface area contributed by atoms with Gasteiger partial charge in [0.15, 0.2) is 11.5 Å². The Labute approximate surface area is 223 Å². The number of carbonyl (C=O) groups is 2. The zero-order chi connectivity index (χ0) is 27.6. The van der Waals surface area contributed by atoms with Crippen molar-refractivity contribution in [2.75, 3.05) is 26.6 Å². The summed E-state index contributed by atoms with van der Waals surface area (Å²) in [7, 11) is 4.68. The fraction of sp³-hybridized carbons (Fsp3) is 0.483. The summed E-state index contributed by atoms with van der Waals surface area (Å²) in [6.07, 6.45) is 3.15. The van der Waals surface area contributed by atoms with Crippen LogP contribution < -0.4 is 35.6 Å². The molecule has 9 nitrogen and oxygen atoms in total. The van der Waals surface area contributed by atoms with Crippen LogP contribution in [0.2, 0.25) is 0 Å². The summed E-state index contributed by atoms with van der Waals surface area (Å²) in [5, 5.41) is 9.24. The minimum absolute atomic E-state index is 0.0406. The number of benzene rings is 1. The zero-order valence-electron chi connectivity index (χ0n) is 22.9. The van der Waals surface area contributed by atoms with Crippen LogP contribution in [0.5, 0.6) is 17.2 Å². The molecule has 3 N–H and O–H groups in total. The maximum Gasteiger partial charge on any atom is 0.242 e. The van der Waals surface area contributed by atoms with Crippen LogP contribution in [0.15, 0.2) is 29.1 Å². The molecule has 2 aromatic rings. The molecule has 1 fully saturated rings. The van der Waals surface area contributed by atoms with E-state index in [9.17, 15) is 14.4 Å². The van der Waals surface area contributed by atoms with Crippen molar-refractivity contribution in [1.82, 2.24) is 10.6 Å². The summed E-state index contributed by atoms with van der Waals surface area (Å²) in [4.78, 5) is 38.6. The number of hydrogen-bond donors (Lipinski definition) is 3. The van der Waals surface area contributed by atoms with Gasteiger partial charge < -0.3 is 30.2 Å². The monoisotopic (exact) mass is 523 g/mol. The van der Waals surface area contributed by atoms with E-state index >= 15 is 0 Å². The van der Waals surface area contributed by atoms with Crippen LogP contribution in [-0.4, -0.2) is 45.2 Å². The van der Waals surface area contributed by atoms with Crippen molar-refractivity contribution in [1.29, 1.82) is 0 Å². The van der Waals surface area contributed by atoms with E-state index in [0.29, 0.717) is 41.3 Å². The van der Waals surface area contributed by atoms with Crippen LogP contribution in [0.25, 0.3) is 11.1 Å². The minimum atomic E-state index is -0.567. The van der Waals surface area contributed by atoms with Crippen molar-refractivity contribution in [2.45, 2.75) is 64.6 Å². The van der Waals surface area contributed by atoms with Crippen molar-refractivity contribution < 1.29 is 23.8 Å². The molecule has 9 heteroatoms. The lowest BCUT2D eigenvalue weighted by molar-refractivity contribution is -0.123. The number of ether oxygens (including phenoxy) is 3. The van der Waals surface area contributed by atoms with Gasteiger partial charge in [-0.15, -0.1) is 0 Å². The van der Waals surface area contributed by atoms with Gasteiger partial charge in [-0.2, -0.15) is 0 Å². The second-order valence-electron chi connectivity index (χ2n) is 10.2. The van der Waals surface area contributed by atoms with E-state index in [1.165, 1.54) is 6.92 Å². The lowest BCUT2D eigenvalue weighted by Gasteiger charge is -2.22. The molecule has 2 aliphatic carbocycles. The molecule has 0 aliphatic heterocycles. The molecule has 38 heavy (non-hydrogen) atoms. The predicted molar refractivity (Wildman–Crippen MR) is 146 cm³/mol. The van der Waals surface area contributed by atoms with E-state index in [1.54, 1.807) is 33.5 Å². The number of anilines is 1. The number of fused-ring (bicyclic) bond motifs is 3. The van der Waals surface area contributed by atoms with Crippen LogP contribution in [0, 0.1) is 5.92 Å². The standard InChI is InChI=1S/C29H37N3O6/c1-15(2)26(29(35)31-18-8-9-18)32-22-12-10-19-20(14-23(22)34)21(30-16(3)33)11-7-17-13-24(36-4)27(37-5)28(38-6)25(17)19/h10,12-15,18,21,26H,7-9,11H2,1-6H3,(H,30,33)(H,31,35)(H,32,34)/t21-,26-/m0/s1. The highest BCUT2D eigenvalue weighted by molar-refractivity contribution is 5.86. The molecule has 204 valence electrons. The average molecular weight is 524 g/mol. The minimum Gasteiger partial charge on any atom is -0.493 e. The highest BCUT2D eigenvalue weighted by Gasteiger charge is 2.31. The summed E-state index contributed by atoms with van der Waals surface area (Å²) in [6.45, 7) is 5.35. The lowest BCUT2D eigenvalue weighted by Crippen LogP contribution is -2.44. The number of amides is 2. The SMILES string of the molecule is COc1cc2c(c(OC)c1OC)-c1ccc(N[C@H](C(=O)NC3CC3)C(C)C)c(=O)cc1[C@@H](NC(C)=O)CC2. The molecule has 0 aromatic heterocycles. The third kappa shape index (κ3) is 5.56. The van der Waals surface area contributed by atoms with Gasteiger partial charge in [-0.25, -0.2) is 0 Å². The number of hydrogen-bond acceptors (Lipinski definition) is 7. The molecule has 2 amide bonds. The van der Waals surface area contributed by atoms with Crippen LogP contribution in [0.4, 0.5) is 5.69 Å². The van der Waals surface area contributed by atoms with Gasteiger partial charge in [0.1, 0.15) is 6.04 Å². The Balaban J connectivity index is 1.89. The second-order valence-corrected chi connectivity index (χ2v) is 10.2. The Morgan fingerprint density at radius 1 is 0.947 bits per heavy atom. The Morgan fingerprint density at radius 3 is 2.24 bits per heavy atom. The number of carbonyl (C=O) groups excluding carboxylic acids is 2. The van der Waals surface area contributed by atoms with Gasteiger partial charge in [0.25, 0.3) is 0 Å². The Kier molecular flexibility index (Phi) is 8.14. The molecular weight excluding hydrogens is 486 g/mol. The Hall–Kier alpha value is -3.75. The largest absolute Gasteiger partial charge is 0.493 e. The number of methoxy groups -OCH3 is 3. The topological polar surface area (TPSA) is 115 Å². The average Bonchev–Trinajstić information content (AvgIpc) is 3.71. The normalized spacial score (nSPS) is 16.9.